The molecule has 1 aliphatic rings. The Hall–Kier alpha value is -3.78. The van der Waals surface area contributed by atoms with E-state index in [-0.39, 0.29) is 34.1 Å². The lowest BCUT2D eigenvalue weighted by Crippen LogP contribution is -2.48. The van der Waals surface area contributed by atoms with Crippen molar-refractivity contribution < 1.29 is 19.1 Å². The van der Waals surface area contributed by atoms with Crippen LogP contribution in [0.5, 0.6) is 0 Å². The number of benzene rings is 1. The van der Waals surface area contributed by atoms with Gasteiger partial charge < -0.3 is 4.74 Å². The number of carbonyl (C=O) groups excluding carboxylic acids is 3. The molecule has 0 saturated heterocycles. The van der Waals surface area contributed by atoms with Gasteiger partial charge in [-0.25, -0.2) is 9.69 Å². The fourth-order valence-corrected chi connectivity index (χ4v) is 3.00. The molecule has 3 rings (SSSR count). The quantitative estimate of drug-likeness (QED) is 0.419. The molecular formula is C18H14N6O4S. The maximum absolute atomic E-state index is 13.0. The van der Waals surface area contributed by atoms with Gasteiger partial charge in [0.1, 0.15) is 17.2 Å². The minimum absolute atomic E-state index is 0.194. The Morgan fingerprint density at radius 2 is 2.07 bits per heavy atom. The maximum atomic E-state index is 13.0. The van der Waals surface area contributed by atoms with E-state index in [1.807, 2.05) is 6.07 Å². The average molecular weight is 410 g/mol. The highest BCUT2D eigenvalue weighted by molar-refractivity contribution is 7.13. The summed E-state index contributed by atoms with van der Waals surface area (Å²) in [5.74, 6) is -1.95. The van der Waals surface area contributed by atoms with E-state index in [1.54, 1.807) is 6.92 Å². The Labute approximate surface area is 169 Å². The monoisotopic (exact) mass is 410 g/mol. The van der Waals surface area contributed by atoms with Crippen LogP contribution >= 0.6 is 11.3 Å². The summed E-state index contributed by atoms with van der Waals surface area (Å²) in [7, 11) is 0. The number of azo groups is 1. The number of hydrogen-bond acceptors (Lipinski definition) is 10. The Morgan fingerprint density at radius 1 is 1.34 bits per heavy atom. The number of nitrogens with zero attached hydrogens (tertiary/aromatic N) is 6. The molecule has 0 saturated carbocycles. The maximum Gasteiger partial charge on any atom is 0.338 e. The first-order valence-corrected chi connectivity index (χ1v) is 9.29. The van der Waals surface area contributed by atoms with Gasteiger partial charge in [0, 0.05) is 0 Å². The lowest BCUT2D eigenvalue weighted by Gasteiger charge is -2.28. The highest BCUT2D eigenvalue weighted by atomic mass is 32.1. The first-order valence-electron chi connectivity index (χ1n) is 8.41. The Morgan fingerprint density at radius 3 is 2.66 bits per heavy atom. The SMILES string of the molecule is CCOC(=O)c1ccc(N2C(=O)C(C#N)=C(C)C(/N=N/c3nncs3)C2=O)cc1. The van der Waals surface area contributed by atoms with Gasteiger partial charge >= 0.3 is 5.97 Å². The molecule has 2 aromatic rings. The summed E-state index contributed by atoms with van der Waals surface area (Å²) in [6.07, 6.45) is 0. The number of nitriles is 1. The zero-order valence-corrected chi connectivity index (χ0v) is 16.2. The third-order valence-corrected chi connectivity index (χ3v) is 4.61. The molecule has 0 radical (unpaired) electrons. The number of imide groups is 1. The molecule has 10 nitrogen and oxygen atoms in total. The van der Waals surface area contributed by atoms with Gasteiger partial charge in [0.15, 0.2) is 6.04 Å². The van der Waals surface area contributed by atoms with Crippen LogP contribution in [0.3, 0.4) is 0 Å². The van der Waals surface area contributed by atoms with Gasteiger partial charge in [0.2, 0.25) is 0 Å². The minimum atomic E-state index is -1.16. The normalized spacial score (nSPS) is 17.0. The van der Waals surface area contributed by atoms with E-state index >= 15 is 0 Å². The van der Waals surface area contributed by atoms with Gasteiger partial charge in [0.25, 0.3) is 16.9 Å². The molecule has 1 aliphatic heterocycles. The zero-order valence-electron chi connectivity index (χ0n) is 15.4. The van der Waals surface area contributed by atoms with Gasteiger partial charge in [-0.2, -0.15) is 10.4 Å². The lowest BCUT2D eigenvalue weighted by molar-refractivity contribution is -0.125. The second-order valence-electron chi connectivity index (χ2n) is 5.76. The van der Waals surface area contributed by atoms with Crippen molar-refractivity contribution in [2.24, 2.45) is 10.2 Å². The molecule has 2 heterocycles. The summed E-state index contributed by atoms with van der Waals surface area (Å²) in [6, 6.07) is 6.39. The molecule has 1 unspecified atom stereocenters. The molecule has 146 valence electrons. The number of carbonyl (C=O) groups is 3. The molecular weight excluding hydrogens is 396 g/mol. The molecule has 2 amide bonds. The fourth-order valence-electron chi connectivity index (χ4n) is 2.62. The zero-order chi connectivity index (χ0) is 21.0. The van der Waals surface area contributed by atoms with Crippen LogP contribution in [-0.4, -0.2) is 40.6 Å². The third kappa shape index (κ3) is 3.92. The molecule has 1 atom stereocenters. The first-order chi connectivity index (χ1) is 14.0. The van der Waals surface area contributed by atoms with Crippen molar-refractivity contribution in [3.63, 3.8) is 0 Å². The van der Waals surface area contributed by atoms with Crippen LogP contribution in [0.4, 0.5) is 10.8 Å². The minimum Gasteiger partial charge on any atom is -0.462 e. The molecule has 0 fully saturated rings. The van der Waals surface area contributed by atoms with Crippen LogP contribution < -0.4 is 4.90 Å². The number of rotatable bonds is 5. The van der Waals surface area contributed by atoms with Crippen molar-refractivity contribution in [1.29, 1.82) is 5.26 Å². The van der Waals surface area contributed by atoms with Crippen molar-refractivity contribution in [2.45, 2.75) is 19.9 Å². The van der Waals surface area contributed by atoms with Crippen LogP contribution in [0.1, 0.15) is 24.2 Å². The van der Waals surface area contributed by atoms with Crippen LogP contribution in [0, 0.1) is 11.3 Å². The van der Waals surface area contributed by atoms with Gasteiger partial charge in [-0.15, -0.1) is 15.3 Å². The smallest absolute Gasteiger partial charge is 0.338 e. The number of anilines is 1. The molecule has 1 aromatic carbocycles. The summed E-state index contributed by atoms with van der Waals surface area (Å²) in [6.45, 7) is 3.39. The highest BCUT2D eigenvalue weighted by Crippen LogP contribution is 2.29. The molecule has 29 heavy (non-hydrogen) atoms. The second kappa shape index (κ2) is 8.49. The van der Waals surface area contributed by atoms with Gasteiger partial charge in [0.05, 0.1) is 17.9 Å². The average Bonchev–Trinajstić information content (AvgIpc) is 3.22. The van der Waals surface area contributed by atoms with Crippen LogP contribution in [-0.2, 0) is 14.3 Å². The van der Waals surface area contributed by atoms with Crippen molar-refractivity contribution >= 4 is 39.9 Å². The van der Waals surface area contributed by atoms with E-state index in [4.69, 9.17) is 4.74 Å². The third-order valence-electron chi connectivity index (χ3n) is 4.03. The van der Waals surface area contributed by atoms with E-state index in [2.05, 4.69) is 20.4 Å². The molecule has 0 aliphatic carbocycles. The molecule has 0 bridgehead atoms. The number of esters is 1. The van der Waals surface area contributed by atoms with Crippen molar-refractivity contribution in [3.8, 4) is 6.07 Å². The van der Waals surface area contributed by atoms with Crippen molar-refractivity contribution in [3.05, 3.63) is 46.5 Å². The van der Waals surface area contributed by atoms with Crippen molar-refractivity contribution in [2.75, 3.05) is 11.5 Å². The van der Waals surface area contributed by atoms with E-state index in [0.29, 0.717) is 0 Å². The molecule has 0 spiro atoms. The number of aromatic nitrogens is 2. The Kier molecular flexibility index (Phi) is 5.85. The topological polar surface area (TPSA) is 138 Å². The van der Waals surface area contributed by atoms with Gasteiger partial charge in [-0.1, -0.05) is 11.3 Å². The van der Waals surface area contributed by atoms with Crippen molar-refractivity contribution in [1.82, 2.24) is 10.2 Å². The standard InChI is InChI=1S/C18H14N6O4S/c1-3-28-17(27)11-4-6-12(7-5-11)24-15(25)13(8-19)10(2)14(16(24)26)21-23-18-22-20-9-29-18/h4-7,9,14H,3H2,1-2H3/b23-21+. The Balaban J connectivity index is 1.96. The van der Waals surface area contributed by atoms with Gasteiger partial charge in [-0.3, -0.25) is 9.59 Å². The van der Waals surface area contributed by atoms with Crippen LogP contribution in [0.25, 0.3) is 0 Å². The fraction of sp³-hybridized carbons (Fsp3) is 0.222. The predicted octanol–water partition coefficient (Wildman–Crippen LogP) is 2.58. The van der Waals surface area contributed by atoms with Crippen LogP contribution in [0.2, 0.25) is 0 Å². The Bertz CT molecular complexity index is 1050. The van der Waals surface area contributed by atoms with E-state index < -0.39 is 23.8 Å². The molecule has 11 heteroatoms. The van der Waals surface area contributed by atoms with Gasteiger partial charge in [-0.05, 0) is 43.7 Å². The predicted molar refractivity (Wildman–Crippen MR) is 101 cm³/mol. The number of amides is 2. The largest absolute Gasteiger partial charge is 0.462 e. The van der Waals surface area contributed by atoms with E-state index in [9.17, 15) is 19.6 Å². The van der Waals surface area contributed by atoms with E-state index in [0.717, 1.165) is 16.2 Å². The van der Waals surface area contributed by atoms with Crippen LogP contribution in [0.15, 0.2) is 51.2 Å². The number of ether oxygens (including phenoxy) is 1. The lowest BCUT2D eigenvalue weighted by atomic mass is 9.96. The molecule has 0 N–H and O–H groups in total. The van der Waals surface area contributed by atoms with E-state index in [1.165, 1.54) is 36.7 Å². The summed E-state index contributed by atoms with van der Waals surface area (Å²) in [5.41, 5.74) is 1.94. The second-order valence-corrected chi connectivity index (χ2v) is 6.57. The summed E-state index contributed by atoms with van der Waals surface area (Å²) < 4.78 is 4.91. The number of hydrogen-bond donors (Lipinski definition) is 0. The summed E-state index contributed by atoms with van der Waals surface area (Å²) in [4.78, 5) is 38.3. The highest BCUT2D eigenvalue weighted by Gasteiger charge is 2.40. The first kappa shape index (κ1) is 20.0. The summed E-state index contributed by atoms with van der Waals surface area (Å²) in [5, 5.41) is 24.8. The molecule has 1 aromatic heterocycles. The summed E-state index contributed by atoms with van der Waals surface area (Å²) >= 11 is 1.13.